The molecule has 1 aliphatic rings. The van der Waals surface area contributed by atoms with Gasteiger partial charge in [-0.3, -0.25) is 9.79 Å². The van der Waals surface area contributed by atoms with Gasteiger partial charge in [-0.25, -0.2) is 4.79 Å². The standard InChI is InChI=1S/C30H26N2O5/c1-35-24-12-6-21(7-13-24)20-31-23-10-8-22(9-11-23)27(33)15-14-26-29(32-16-18-36-19-17-32)25-4-2-3-5-28(25)37-30(26)34/h2-15,20H,16-19H2,1H3/b15-14+,31-20?. The normalized spacial score (nSPS) is 14.0. The third-order valence-corrected chi connectivity index (χ3v) is 6.18. The minimum atomic E-state index is -0.479. The first-order valence-electron chi connectivity index (χ1n) is 12.0. The smallest absolute Gasteiger partial charge is 0.345 e. The van der Waals surface area contributed by atoms with E-state index >= 15 is 0 Å². The van der Waals surface area contributed by atoms with E-state index in [4.69, 9.17) is 13.9 Å². The van der Waals surface area contributed by atoms with Crippen LogP contribution in [0.3, 0.4) is 0 Å². The summed E-state index contributed by atoms with van der Waals surface area (Å²) >= 11 is 0. The second-order valence-corrected chi connectivity index (χ2v) is 8.52. The van der Waals surface area contributed by atoms with Crippen molar-refractivity contribution in [2.75, 3.05) is 38.3 Å². The average molecular weight is 495 g/mol. The lowest BCUT2D eigenvalue weighted by atomic mass is 10.1. The Morgan fingerprint density at radius 2 is 1.70 bits per heavy atom. The molecule has 1 fully saturated rings. The minimum Gasteiger partial charge on any atom is -0.497 e. The van der Waals surface area contributed by atoms with E-state index in [1.165, 1.54) is 6.08 Å². The lowest BCUT2D eigenvalue weighted by Crippen LogP contribution is -2.37. The number of ether oxygens (including phenoxy) is 2. The molecule has 1 saturated heterocycles. The highest BCUT2D eigenvalue weighted by atomic mass is 16.5. The number of carbonyl (C=O) groups is 1. The van der Waals surface area contributed by atoms with E-state index < -0.39 is 5.63 Å². The summed E-state index contributed by atoms with van der Waals surface area (Å²) in [7, 11) is 1.63. The molecule has 7 nitrogen and oxygen atoms in total. The van der Waals surface area contributed by atoms with Crippen molar-refractivity contribution in [3.63, 3.8) is 0 Å². The largest absolute Gasteiger partial charge is 0.497 e. The van der Waals surface area contributed by atoms with Crippen LogP contribution in [0.2, 0.25) is 0 Å². The SMILES string of the molecule is COc1ccc(C=Nc2ccc(C(=O)/C=C/c3c(N4CCOCC4)c4ccccc4oc3=O)cc2)cc1. The molecule has 1 aliphatic heterocycles. The highest BCUT2D eigenvalue weighted by molar-refractivity contribution is 6.08. The third kappa shape index (κ3) is 5.52. The number of carbonyl (C=O) groups excluding carboxylic acids is 1. The highest BCUT2D eigenvalue weighted by Gasteiger charge is 2.20. The van der Waals surface area contributed by atoms with Crippen LogP contribution in [-0.2, 0) is 4.74 Å². The minimum absolute atomic E-state index is 0.217. The van der Waals surface area contributed by atoms with Gasteiger partial charge in [-0.15, -0.1) is 0 Å². The van der Waals surface area contributed by atoms with Gasteiger partial charge in [0.15, 0.2) is 5.78 Å². The second-order valence-electron chi connectivity index (χ2n) is 8.52. The first kappa shape index (κ1) is 24.2. The fourth-order valence-corrected chi connectivity index (χ4v) is 4.23. The summed E-state index contributed by atoms with van der Waals surface area (Å²) in [6.45, 7) is 2.45. The van der Waals surface area contributed by atoms with Crippen molar-refractivity contribution in [2.24, 2.45) is 4.99 Å². The molecular formula is C30H26N2O5. The Morgan fingerprint density at radius 1 is 0.973 bits per heavy atom. The van der Waals surface area contributed by atoms with Crippen LogP contribution < -0.4 is 15.3 Å². The number of nitrogens with zero attached hydrogens (tertiary/aromatic N) is 2. The number of methoxy groups -OCH3 is 1. The van der Waals surface area contributed by atoms with Crippen molar-refractivity contribution >= 4 is 40.4 Å². The maximum absolute atomic E-state index is 12.9. The van der Waals surface area contributed by atoms with E-state index in [1.807, 2.05) is 42.5 Å². The molecule has 186 valence electrons. The Hall–Kier alpha value is -4.49. The first-order valence-corrected chi connectivity index (χ1v) is 12.0. The molecule has 7 heteroatoms. The molecule has 0 unspecified atom stereocenters. The van der Waals surface area contributed by atoms with Gasteiger partial charge in [0, 0.05) is 30.3 Å². The molecule has 0 amide bonds. The predicted molar refractivity (Wildman–Crippen MR) is 146 cm³/mol. The van der Waals surface area contributed by atoms with Crippen molar-refractivity contribution in [1.82, 2.24) is 0 Å². The Bertz CT molecular complexity index is 1510. The van der Waals surface area contributed by atoms with Gasteiger partial charge in [0.1, 0.15) is 11.3 Å². The molecule has 0 radical (unpaired) electrons. The fraction of sp³-hybridized carbons (Fsp3) is 0.167. The Morgan fingerprint density at radius 3 is 2.43 bits per heavy atom. The number of allylic oxidation sites excluding steroid dienone is 1. The Labute approximate surface area is 214 Å². The third-order valence-electron chi connectivity index (χ3n) is 6.18. The summed E-state index contributed by atoms with van der Waals surface area (Å²) in [4.78, 5) is 32.4. The zero-order chi connectivity index (χ0) is 25.6. The number of aliphatic imine (C=N–C) groups is 1. The molecule has 2 heterocycles. The molecule has 5 rings (SSSR count). The number of morpholine rings is 1. The van der Waals surface area contributed by atoms with Crippen molar-refractivity contribution in [1.29, 1.82) is 0 Å². The van der Waals surface area contributed by atoms with E-state index in [2.05, 4.69) is 9.89 Å². The topological polar surface area (TPSA) is 81.3 Å². The quantitative estimate of drug-likeness (QED) is 0.150. The number of rotatable bonds is 7. The van der Waals surface area contributed by atoms with Gasteiger partial charge in [-0.2, -0.15) is 0 Å². The summed E-state index contributed by atoms with van der Waals surface area (Å²) < 4.78 is 16.2. The molecule has 0 spiro atoms. The van der Waals surface area contributed by atoms with Gasteiger partial charge in [-0.05, 0) is 78.4 Å². The van der Waals surface area contributed by atoms with Crippen LogP contribution in [0.1, 0.15) is 21.5 Å². The summed E-state index contributed by atoms with van der Waals surface area (Å²) in [5.74, 6) is 0.567. The molecule has 37 heavy (non-hydrogen) atoms. The molecule has 3 aromatic carbocycles. The molecule has 1 aromatic heterocycles. The maximum atomic E-state index is 12.9. The van der Waals surface area contributed by atoms with Gasteiger partial charge in [0.05, 0.1) is 37.3 Å². The average Bonchev–Trinajstić information content (AvgIpc) is 2.95. The van der Waals surface area contributed by atoms with Gasteiger partial charge in [0.25, 0.3) is 0 Å². The van der Waals surface area contributed by atoms with Crippen molar-refractivity contribution in [3.05, 3.63) is 106 Å². The molecule has 0 bridgehead atoms. The van der Waals surface area contributed by atoms with Crippen LogP contribution in [0.15, 0.2) is 93.1 Å². The van der Waals surface area contributed by atoms with E-state index in [1.54, 1.807) is 49.7 Å². The zero-order valence-electron chi connectivity index (χ0n) is 20.4. The summed E-state index contributed by atoms with van der Waals surface area (Å²) in [6.07, 6.45) is 4.73. The summed E-state index contributed by atoms with van der Waals surface area (Å²) in [5, 5.41) is 0.829. The fourth-order valence-electron chi connectivity index (χ4n) is 4.23. The van der Waals surface area contributed by atoms with Crippen LogP contribution in [0.5, 0.6) is 5.75 Å². The molecule has 0 saturated carbocycles. The van der Waals surface area contributed by atoms with Crippen LogP contribution in [0.25, 0.3) is 17.0 Å². The van der Waals surface area contributed by atoms with E-state index in [-0.39, 0.29) is 5.78 Å². The molecule has 4 aromatic rings. The second kappa shape index (κ2) is 11.1. The molecular weight excluding hydrogens is 468 g/mol. The Balaban J connectivity index is 1.37. The highest BCUT2D eigenvalue weighted by Crippen LogP contribution is 2.30. The van der Waals surface area contributed by atoms with E-state index in [0.29, 0.717) is 43.0 Å². The zero-order valence-corrected chi connectivity index (χ0v) is 20.4. The number of benzene rings is 3. The van der Waals surface area contributed by atoms with Crippen molar-refractivity contribution in [2.45, 2.75) is 0 Å². The maximum Gasteiger partial charge on any atom is 0.345 e. The first-order chi connectivity index (χ1) is 18.1. The molecule has 0 atom stereocenters. The number of para-hydroxylation sites is 1. The van der Waals surface area contributed by atoms with Gasteiger partial charge >= 0.3 is 5.63 Å². The number of anilines is 1. The summed E-state index contributed by atoms with van der Waals surface area (Å²) in [6, 6.07) is 22.0. The summed E-state index contributed by atoms with van der Waals surface area (Å²) in [5.41, 5.74) is 3.32. The number of ketones is 1. The van der Waals surface area contributed by atoms with Gasteiger partial charge in [0.2, 0.25) is 0 Å². The van der Waals surface area contributed by atoms with E-state index in [0.717, 1.165) is 28.1 Å². The number of fused-ring (bicyclic) bond motifs is 1. The van der Waals surface area contributed by atoms with Crippen molar-refractivity contribution in [3.8, 4) is 5.75 Å². The van der Waals surface area contributed by atoms with Crippen LogP contribution in [0.4, 0.5) is 11.4 Å². The number of hydrogen-bond acceptors (Lipinski definition) is 7. The molecule has 0 aliphatic carbocycles. The van der Waals surface area contributed by atoms with Crippen molar-refractivity contribution < 1.29 is 18.7 Å². The van der Waals surface area contributed by atoms with E-state index in [9.17, 15) is 9.59 Å². The number of hydrogen-bond donors (Lipinski definition) is 0. The van der Waals surface area contributed by atoms with Gasteiger partial charge in [-0.1, -0.05) is 12.1 Å². The monoisotopic (exact) mass is 494 g/mol. The Kier molecular flexibility index (Phi) is 7.23. The lowest BCUT2D eigenvalue weighted by molar-refractivity contribution is 0.104. The van der Waals surface area contributed by atoms with Crippen LogP contribution in [-0.4, -0.2) is 45.4 Å². The van der Waals surface area contributed by atoms with Crippen LogP contribution in [0, 0.1) is 0 Å². The lowest BCUT2D eigenvalue weighted by Gasteiger charge is -2.30. The van der Waals surface area contributed by atoms with Gasteiger partial charge < -0.3 is 18.8 Å². The van der Waals surface area contributed by atoms with Crippen LogP contribution >= 0.6 is 0 Å². The molecule has 0 N–H and O–H groups in total. The predicted octanol–water partition coefficient (Wildman–Crippen LogP) is 5.28.